The van der Waals surface area contributed by atoms with Crippen LogP contribution < -0.4 is 14.8 Å². The normalized spacial score (nSPS) is 11.1. The molecule has 1 amide bonds. The van der Waals surface area contributed by atoms with Crippen LogP contribution in [0.4, 0.5) is 0 Å². The minimum atomic E-state index is -0.378. The molecule has 124 valence electrons. The largest absolute Gasteiger partial charge is 0.497 e. The van der Waals surface area contributed by atoms with E-state index in [9.17, 15) is 4.79 Å². The molecule has 7 heteroatoms. The van der Waals surface area contributed by atoms with Gasteiger partial charge in [-0.2, -0.15) is 5.26 Å². The van der Waals surface area contributed by atoms with Gasteiger partial charge in [0, 0.05) is 0 Å². The molecular weight excluding hydrogens is 332 g/mol. The van der Waals surface area contributed by atoms with Gasteiger partial charge in [0.25, 0.3) is 5.91 Å². The van der Waals surface area contributed by atoms with Crippen LogP contribution in [0.5, 0.6) is 11.5 Å². The van der Waals surface area contributed by atoms with E-state index in [0.717, 1.165) is 5.75 Å². The average molecular weight is 352 g/mol. The van der Waals surface area contributed by atoms with E-state index in [1.165, 1.54) is 23.5 Å². The van der Waals surface area contributed by atoms with E-state index < -0.39 is 0 Å². The van der Waals surface area contributed by atoms with Gasteiger partial charge < -0.3 is 14.8 Å². The molecule has 0 saturated carbocycles. The number of carbonyl (C=O) groups is 1. The van der Waals surface area contributed by atoms with Crippen LogP contribution in [0.3, 0.4) is 0 Å². The first kappa shape index (κ1) is 19.3. The number of thioether (sulfide) groups is 2. The summed E-state index contributed by atoms with van der Waals surface area (Å²) in [6.07, 6.45) is 3.46. The second-order valence-electron chi connectivity index (χ2n) is 4.50. The molecule has 1 aromatic carbocycles. The van der Waals surface area contributed by atoms with Crippen molar-refractivity contribution in [2.75, 3.05) is 26.2 Å². The predicted molar refractivity (Wildman–Crippen MR) is 95.8 cm³/mol. The van der Waals surface area contributed by atoms with Crippen LogP contribution in [-0.4, -0.2) is 38.2 Å². The van der Waals surface area contributed by atoms with Crippen LogP contribution in [-0.2, 0) is 4.79 Å². The molecule has 0 radical (unpaired) electrons. The third-order valence-electron chi connectivity index (χ3n) is 2.86. The summed E-state index contributed by atoms with van der Waals surface area (Å²) in [5, 5.41) is 11.9. The minimum absolute atomic E-state index is 0.140. The maximum Gasteiger partial charge on any atom is 0.263 e. The average Bonchev–Trinajstić information content (AvgIpc) is 2.58. The monoisotopic (exact) mass is 352 g/mol. The smallest absolute Gasteiger partial charge is 0.263 e. The van der Waals surface area contributed by atoms with Crippen molar-refractivity contribution in [2.45, 2.75) is 13.0 Å². The Morgan fingerprint density at radius 3 is 2.30 bits per heavy atom. The van der Waals surface area contributed by atoms with E-state index in [1.54, 1.807) is 31.4 Å². The second-order valence-corrected chi connectivity index (χ2v) is 6.39. The molecule has 0 heterocycles. The Morgan fingerprint density at radius 1 is 1.26 bits per heavy atom. The number of nitrogens with one attached hydrogen (secondary N) is 1. The number of carbonyl (C=O) groups excluding carboxylic acids is 1. The van der Waals surface area contributed by atoms with Crippen LogP contribution >= 0.6 is 23.5 Å². The summed E-state index contributed by atoms with van der Waals surface area (Å²) in [6, 6.07) is 9.18. The van der Waals surface area contributed by atoms with Crippen molar-refractivity contribution >= 4 is 29.4 Å². The molecule has 1 aromatic rings. The lowest BCUT2D eigenvalue weighted by Crippen LogP contribution is -2.34. The number of ether oxygens (including phenoxy) is 2. The van der Waals surface area contributed by atoms with Crippen LogP contribution in [0, 0.1) is 11.3 Å². The van der Waals surface area contributed by atoms with Crippen LogP contribution in [0.25, 0.3) is 0 Å². The summed E-state index contributed by atoms with van der Waals surface area (Å²) < 4.78 is 11.5. The number of amides is 1. The lowest BCUT2D eigenvalue weighted by molar-refractivity contribution is -0.117. The Kier molecular flexibility index (Phi) is 8.45. The molecular formula is C16H20N2O3S2. The number of hydrogen-bond donors (Lipinski definition) is 1. The highest BCUT2D eigenvalue weighted by Gasteiger charge is 2.15. The van der Waals surface area contributed by atoms with Crippen molar-refractivity contribution in [3.05, 3.63) is 34.1 Å². The third-order valence-corrected chi connectivity index (χ3v) is 5.01. The Labute approximate surface area is 145 Å². The van der Waals surface area contributed by atoms with E-state index in [4.69, 9.17) is 14.7 Å². The number of nitriles is 1. The molecule has 0 aromatic heterocycles. The van der Waals surface area contributed by atoms with Crippen molar-refractivity contribution in [1.82, 2.24) is 5.32 Å². The summed E-state index contributed by atoms with van der Waals surface area (Å²) >= 11 is 2.77. The first-order valence-electron chi connectivity index (χ1n) is 6.87. The van der Waals surface area contributed by atoms with E-state index >= 15 is 0 Å². The maximum absolute atomic E-state index is 12.1. The first-order valence-corrected chi connectivity index (χ1v) is 9.31. The second kappa shape index (κ2) is 10.1. The quantitative estimate of drug-likeness (QED) is 0.573. The van der Waals surface area contributed by atoms with E-state index in [2.05, 4.69) is 5.32 Å². The molecule has 0 fully saturated rings. The Bertz CT molecular complexity index is 588. The van der Waals surface area contributed by atoms with E-state index in [1.807, 2.05) is 25.5 Å². The molecule has 1 N–H and O–H groups in total. The minimum Gasteiger partial charge on any atom is -0.497 e. The van der Waals surface area contributed by atoms with Crippen molar-refractivity contribution in [3.63, 3.8) is 0 Å². The molecule has 0 spiro atoms. The Hall–Kier alpha value is -1.78. The Balaban J connectivity index is 2.57. The molecule has 1 unspecified atom stereocenters. The zero-order valence-electron chi connectivity index (χ0n) is 13.6. The molecule has 0 aliphatic heterocycles. The van der Waals surface area contributed by atoms with E-state index in [0.29, 0.717) is 16.5 Å². The molecule has 0 aliphatic rings. The van der Waals surface area contributed by atoms with Crippen LogP contribution in [0.15, 0.2) is 34.1 Å². The van der Waals surface area contributed by atoms with Gasteiger partial charge in [0.15, 0.2) is 0 Å². The van der Waals surface area contributed by atoms with Crippen LogP contribution in [0.2, 0.25) is 0 Å². The van der Waals surface area contributed by atoms with Crippen molar-refractivity contribution in [3.8, 4) is 17.6 Å². The van der Waals surface area contributed by atoms with Gasteiger partial charge in [0.2, 0.25) is 0 Å². The van der Waals surface area contributed by atoms with Gasteiger partial charge in [-0.1, -0.05) is 0 Å². The topological polar surface area (TPSA) is 71.3 Å². The maximum atomic E-state index is 12.1. The van der Waals surface area contributed by atoms with Crippen molar-refractivity contribution in [2.24, 2.45) is 0 Å². The molecule has 0 saturated heterocycles. The first-order chi connectivity index (χ1) is 11.0. The van der Waals surface area contributed by atoms with Gasteiger partial charge in [0.1, 0.15) is 29.2 Å². The van der Waals surface area contributed by atoms with Gasteiger partial charge in [-0.25, -0.2) is 0 Å². The number of rotatable bonds is 8. The standard InChI is InChI=1S/C16H20N2O3S2/c1-11(21-13-7-5-12(20-2)6-8-13)10-18-15(19)14(9-17)16(22-3)23-4/h5-8,11H,10H2,1-4H3,(H,18,19). The third kappa shape index (κ3) is 6.08. The van der Waals surface area contributed by atoms with Gasteiger partial charge in [-0.05, 0) is 43.7 Å². The molecule has 1 rings (SSSR count). The fourth-order valence-electron chi connectivity index (χ4n) is 1.73. The van der Waals surface area contributed by atoms with E-state index in [-0.39, 0.29) is 17.6 Å². The highest BCUT2D eigenvalue weighted by molar-refractivity contribution is 8.21. The number of hydrogen-bond acceptors (Lipinski definition) is 6. The molecule has 23 heavy (non-hydrogen) atoms. The lowest BCUT2D eigenvalue weighted by atomic mass is 10.3. The zero-order chi connectivity index (χ0) is 17.2. The predicted octanol–water partition coefficient (Wildman–Crippen LogP) is 3.04. The summed E-state index contributed by atoms with van der Waals surface area (Å²) in [4.78, 5) is 12.1. The SMILES string of the molecule is COc1ccc(OC(C)CNC(=O)C(C#N)=C(SC)SC)cc1. The summed E-state index contributed by atoms with van der Waals surface area (Å²) in [7, 11) is 1.60. The molecule has 0 bridgehead atoms. The molecule has 0 aliphatic carbocycles. The van der Waals surface area contributed by atoms with Gasteiger partial charge in [-0.3, -0.25) is 4.79 Å². The fraction of sp³-hybridized carbons (Fsp3) is 0.375. The van der Waals surface area contributed by atoms with Crippen molar-refractivity contribution in [1.29, 1.82) is 5.26 Å². The molecule has 1 atom stereocenters. The number of benzene rings is 1. The van der Waals surface area contributed by atoms with Gasteiger partial charge in [0.05, 0.1) is 17.9 Å². The van der Waals surface area contributed by atoms with Crippen molar-refractivity contribution < 1.29 is 14.3 Å². The van der Waals surface area contributed by atoms with Crippen LogP contribution in [0.1, 0.15) is 6.92 Å². The zero-order valence-corrected chi connectivity index (χ0v) is 15.2. The lowest BCUT2D eigenvalue weighted by Gasteiger charge is -2.16. The van der Waals surface area contributed by atoms with Gasteiger partial charge >= 0.3 is 0 Å². The highest BCUT2D eigenvalue weighted by Crippen LogP contribution is 2.27. The Morgan fingerprint density at radius 2 is 1.83 bits per heavy atom. The summed E-state index contributed by atoms with van der Waals surface area (Å²) in [5.41, 5.74) is 0.140. The number of methoxy groups -OCH3 is 1. The van der Waals surface area contributed by atoms with Gasteiger partial charge in [-0.15, -0.1) is 23.5 Å². The molecule has 5 nitrogen and oxygen atoms in total. The summed E-state index contributed by atoms with van der Waals surface area (Å²) in [6.45, 7) is 2.16. The highest BCUT2D eigenvalue weighted by atomic mass is 32.2. The fourth-order valence-corrected chi connectivity index (χ4v) is 3.08. The summed E-state index contributed by atoms with van der Waals surface area (Å²) in [5.74, 6) is 1.07. The number of nitrogens with zero attached hydrogens (tertiary/aromatic N) is 1.